The Labute approximate surface area is 89.0 Å². The highest BCUT2D eigenvalue weighted by Crippen LogP contribution is 2.17. The van der Waals surface area contributed by atoms with Gasteiger partial charge in [-0.2, -0.15) is 5.10 Å². The molecule has 0 fully saturated rings. The lowest BCUT2D eigenvalue weighted by molar-refractivity contribution is 0.281. The lowest BCUT2D eigenvalue weighted by Gasteiger charge is -2.07. The molecule has 0 aliphatic carbocycles. The van der Waals surface area contributed by atoms with Crippen LogP contribution in [0.5, 0.6) is 0 Å². The van der Waals surface area contributed by atoms with Crippen LogP contribution < -0.4 is 0 Å². The molecule has 1 aromatic carbocycles. The fraction of sp³-hybridized carbons (Fsp3) is 0.250. The first-order valence-corrected chi connectivity index (χ1v) is 4.94. The van der Waals surface area contributed by atoms with E-state index in [0.717, 1.165) is 16.9 Å². The van der Waals surface area contributed by atoms with E-state index in [1.165, 1.54) is 5.56 Å². The van der Waals surface area contributed by atoms with Crippen molar-refractivity contribution in [1.29, 1.82) is 0 Å². The van der Waals surface area contributed by atoms with Gasteiger partial charge in [0.15, 0.2) is 0 Å². The Morgan fingerprint density at radius 2 is 2.00 bits per heavy atom. The quantitative estimate of drug-likeness (QED) is 0.808. The molecule has 0 unspecified atom stereocenters. The molecule has 3 nitrogen and oxygen atoms in total. The first-order chi connectivity index (χ1) is 7.24. The summed E-state index contributed by atoms with van der Waals surface area (Å²) in [6.45, 7) is 4.05. The lowest BCUT2D eigenvalue weighted by atomic mass is 10.2. The van der Waals surface area contributed by atoms with Gasteiger partial charge in [0, 0.05) is 11.3 Å². The van der Waals surface area contributed by atoms with Gasteiger partial charge in [0.1, 0.15) is 0 Å². The van der Waals surface area contributed by atoms with E-state index in [1.54, 1.807) is 6.20 Å². The van der Waals surface area contributed by atoms with Gasteiger partial charge in [0.2, 0.25) is 0 Å². The van der Waals surface area contributed by atoms with E-state index in [0.29, 0.717) is 0 Å². The van der Waals surface area contributed by atoms with Gasteiger partial charge >= 0.3 is 0 Å². The Morgan fingerprint density at radius 1 is 1.27 bits per heavy atom. The Bertz CT molecular complexity index is 474. The highest BCUT2D eigenvalue weighted by atomic mass is 16.3. The van der Waals surface area contributed by atoms with E-state index in [2.05, 4.69) is 18.1 Å². The summed E-state index contributed by atoms with van der Waals surface area (Å²) in [4.78, 5) is 0. The van der Waals surface area contributed by atoms with Crippen molar-refractivity contribution in [1.82, 2.24) is 9.78 Å². The van der Waals surface area contributed by atoms with Gasteiger partial charge in [-0.3, -0.25) is 0 Å². The maximum absolute atomic E-state index is 9.09. The molecule has 0 amide bonds. The molecule has 3 heteroatoms. The third kappa shape index (κ3) is 1.66. The minimum atomic E-state index is 0.0394. The number of hydrogen-bond acceptors (Lipinski definition) is 2. The predicted molar refractivity (Wildman–Crippen MR) is 59.0 cm³/mol. The van der Waals surface area contributed by atoms with E-state index in [-0.39, 0.29) is 6.61 Å². The first-order valence-electron chi connectivity index (χ1n) is 4.94. The van der Waals surface area contributed by atoms with Crippen LogP contribution in [0.15, 0.2) is 30.5 Å². The maximum Gasteiger partial charge on any atom is 0.0715 e. The number of aryl methyl sites for hydroxylation is 1. The maximum atomic E-state index is 9.09. The summed E-state index contributed by atoms with van der Waals surface area (Å²) >= 11 is 0. The molecule has 1 aromatic heterocycles. The van der Waals surface area contributed by atoms with Crippen molar-refractivity contribution in [2.75, 3.05) is 0 Å². The fourth-order valence-corrected chi connectivity index (χ4v) is 1.64. The zero-order chi connectivity index (χ0) is 10.8. The summed E-state index contributed by atoms with van der Waals surface area (Å²) in [7, 11) is 0. The van der Waals surface area contributed by atoms with Gasteiger partial charge in [-0.25, -0.2) is 4.68 Å². The SMILES string of the molecule is Cc1ccccc1-n1ncc(CO)c1C. The Balaban J connectivity index is 2.55. The fourth-order valence-electron chi connectivity index (χ4n) is 1.64. The number of aromatic nitrogens is 2. The van der Waals surface area contributed by atoms with Crippen LogP contribution in [0.3, 0.4) is 0 Å². The van der Waals surface area contributed by atoms with Crippen LogP contribution in [-0.2, 0) is 6.61 Å². The molecule has 0 saturated heterocycles. The number of aliphatic hydroxyl groups excluding tert-OH is 1. The molecule has 2 aromatic rings. The molecule has 0 radical (unpaired) electrons. The second-order valence-electron chi connectivity index (χ2n) is 3.61. The van der Waals surface area contributed by atoms with Crippen molar-refractivity contribution in [3.8, 4) is 5.69 Å². The lowest BCUT2D eigenvalue weighted by Crippen LogP contribution is -2.01. The minimum absolute atomic E-state index is 0.0394. The van der Waals surface area contributed by atoms with Crippen molar-refractivity contribution < 1.29 is 5.11 Å². The van der Waals surface area contributed by atoms with Crippen LogP contribution in [0.25, 0.3) is 5.69 Å². The van der Waals surface area contributed by atoms with Crippen molar-refractivity contribution >= 4 is 0 Å². The molecule has 1 N–H and O–H groups in total. The third-order valence-corrected chi connectivity index (χ3v) is 2.63. The Kier molecular flexibility index (Phi) is 2.56. The van der Waals surface area contributed by atoms with E-state index in [9.17, 15) is 0 Å². The summed E-state index contributed by atoms with van der Waals surface area (Å²) in [5, 5.41) is 13.4. The molecule has 0 spiro atoms. The molecule has 1 heterocycles. The van der Waals surface area contributed by atoms with E-state index >= 15 is 0 Å². The van der Waals surface area contributed by atoms with Crippen molar-refractivity contribution in [3.63, 3.8) is 0 Å². The number of rotatable bonds is 2. The van der Waals surface area contributed by atoms with Gasteiger partial charge in [0.05, 0.1) is 18.5 Å². The molecule has 0 bridgehead atoms. The topological polar surface area (TPSA) is 38.0 Å². The predicted octanol–water partition coefficient (Wildman–Crippen LogP) is 1.98. The van der Waals surface area contributed by atoms with Crippen LogP contribution in [0.4, 0.5) is 0 Å². The van der Waals surface area contributed by atoms with Gasteiger partial charge < -0.3 is 5.11 Å². The average molecular weight is 202 g/mol. The van der Waals surface area contributed by atoms with Gasteiger partial charge in [0.25, 0.3) is 0 Å². The number of nitrogens with zero attached hydrogens (tertiary/aromatic N) is 2. The molecule has 0 aliphatic rings. The van der Waals surface area contributed by atoms with Crippen LogP contribution >= 0.6 is 0 Å². The van der Waals surface area contributed by atoms with Crippen LogP contribution in [0, 0.1) is 13.8 Å². The van der Waals surface area contributed by atoms with E-state index in [1.807, 2.05) is 29.8 Å². The smallest absolute Gasteiger partial charge is 0.0715 e. The van der Waals surface area contributed by atoms with Gasteiger partial charge in [-0.05, 0) is 25.5 Å². The number of benzene rings is 1. The first kappa shape index (κ1) is 9.93. The molecule has 0 saturated carbocycles. The number of aliphatic hydroxyl groups is 1. The largest absolute Gasteiger partial charge is 0.392 e. The monoisotopic (exact) mass is 202 g/mol. The van der Waals surface area contributed by atoms with Crippen molar-refractivity contribution in [2.45, 2.75) is 20.5 Å². The van der Waals surface area contributed by atoms with E-state index < -0.39 is 0 Å². The standard InChI is InChI=1S/C12H14N2O/c1-9-5-3-4-6-12(9)14-10(2)11(8-15)7-13-14/h3-7,15H,8H2,1-2H3. The molecular formula is C12H14N2O. The summed E-state index contributed by atoms with van der Waals surface area (Å²) < 4.78 is 1.86. The minimum Gasteiger partial charge on any atom is -0.392 e. The zero-order valence-corrected chi connectivity index (χ0v) is 8.94. The zero-order valence-electron chi connectivity index (χ0n) is 8.94. The molecular weight excluding hydrogens is 188 g/mol. The van der Waals surface area contributed by atoms with Crippen molar-refractivity contribution in [3.05, 3.63) is 47.3 Å². The molecule has 78 valence electrons. The molecule has 15 heavy (non-hydrogen) atoms. The number of para-hydroxylation sites is 1. The van der Waals surface area contributed by atoms with Crippen LogP contribution in [0.1, 0.15) is 16.8 Å². The van der Waals surface area contributed by atoms with Crippen molar-refractivity contribution in [2.24, 2.45) is 0 Å². The van der Waals surface area contributed by atoms with Crippen LogP contribution in [0.2, 0.25) is 0 Å². The highest BCUT2D eigenvalue weighted by molar-refractivity contribution is 5.41. The Hall–Kier alpha value is -1.61. The molecule has 0 atom stereocenters. The normalized spacial score (nSPS) is 10.6. The Morgan fingerprint density at radius 3 is 2.60 bits per heavy atom. The molecule has 2 rings (SSSR count). The second kappa shape index (κ2) is 3.87. The third-order valence-electron chi connectivity index (χ3n) is 2.63. The molecule has 0 aliphatic heterocycles. The average Bonchev–Trinajstić information content (AvgIpc) is 2.60. The summed E-state index contributed by atoms with van der Waals surface area (Å²) in [6.07, 6.45) is 1.71. The summed E-state index contributed by atoms with van der Waals surface area (Å²) in [5.74, 6) is 0. The number of hydrogen-bond donors (Lipinski definition) is 1. The van der Waals surface area contributed by atoms with Gasteiger partial charge in [-0.15, -0.1) is 0 Å². The van der Waals surface area contributed by atoms with Crippen LogP contribution in [-0.4, -0.2) is 14.9 Å². The second-order valence-corrected chi connectivity index (χ2v) is 3.61. The summed E-state index contributed by atoms with van der Waals surface area (Å²) in [5.41, 5.74) is 4.10. The van der Waals surface area contributed by atoms with Gasteiger partial charge in [-0.1, -0.05) is 18.2 Å². The van der Waals surface area contributed by atoms with E-state index in [4.69, 9.17) is 5.11 Å². The highest BCUT2D eigenvalue weighted by Gasteiger charge is 2.08. The summed E-state index contributed by atoms with van der Waals surface area (Å²) in [6, 6.07) is 8.07.